The molecule has 2 rings (SSSR count). The number of methoxy groups -OCH3 is 2. The molecule has 0 spiro atoms. The average Bonchev–Trinajstić information content (AvgIpc) is 2.54. The number of ether oxygens (including phenoxy) is 2. The van der Waals surface area contributed by atoms with Gasteiger partial charge in [-0.1, -0.05) is 29.5 Å². The second kappa shape index (κ2) is 7.58. The Morgan fingerprint density at radius 2 is 1.65 bits per heavy atom. The second-order valence-electron chi connectivity index (χ2n) is 4.98. The lowest BCUT2D eigenvalue weighted by atomic mass is 10.1. The van der Waals surface area contributed by atoms with Gasteiger partial charge in [-0.3, -0.25) is 9.36 Å². The third-order valence-corrected chi connectivity index (χ3v) is 3.16. The summed E-state index contributed by atoms with van der Waals surface area (Å²) in [5.41, 5.74) is 1.15. The van der Waals surface area contributed by atoms with Gasteiger partial charge in [0.15, 0.2) is 0 Å². The molecule has 6 nitrogen and oxygen atoms in total. The van der Waals surface area contributed by atoms with Crippen LogP contribution in [-0.2, 0) is 22.9 Å². The summed E-state index contributed by atoms with van der Waals surface area (Å²) in [6.07, 6.45) is 1.40. The third kappa shape index (κ3) is 3.97. The zero-order valence-corrected chi connectivity index (χ0v) is 13.3. The van der Waals surface area contributed by atoms with Crippen molar-refractivity contribution in [3.8, 4) is 11.8 Å². The van der Waals surface area contributed by atoms with Gasteiger partial charge in [0.25, 0.3) is 5.56 Å². The Kier molecular flexibility index (Phi) is 5.52. The Balaban J connectivity index is 2.52. The molecule has 0 unspecified atom stereocenters. The smallest absolute Gasteiger partial charge is 0.334 e. The molecule has 0 saturated carbocycles. The first kappa shape index (κ1) is 16.7. The van der Waals surface area contributed by atoms with Gasteiger partial charge in [0.05, 0.1) is 0 Å². The normalized spacial score (nSPS) is 10.2. The summed E-state index contributed by atoms with van der Waals surface area (Å²) in [6.45, 7) is 1.88. The van der Waals surface area contributed by atoms with Crippen LogP contribution in [0.3, 0.4) is 0 Å². The lowest BCUT2D eigenvalue weighted by Crippen LogP contribution is -2.41. The molecule has 1 aromatic heterocycles. The van der Waals surface area contributed by atoms with Crippen LogP contribution >= 0.6 is 0 Å². The minimum Gasteiger partial charge on any atom is -0.364 e. The van der Waals surface area contributed by atoms with E-state index in [0.717, 1.165) is 15.7 Å². The number of benzene rings is 1. The summed E-state index contributed by atoms with van der Waals surface area (Å²) < 4.78 is 12.1. The average molecular weight is 314 g/mol. The maximum Gasteiger partial charge on any atom is 0.334 e. The summed E-state index contributed by atoms with van der Waals surface area (Å²) >= 11 is 0. The monoisotopic (exact) mass is 314 g/mol. The summed E-state index contributed by atoms with van der Waals surface area (Å²) in [5.74, 6) is 5.75. The van der Waals surface area contributed by atoms with Crippen LogP contribution in [0, 0.1) is 18.8 Å². The van der Waals surface area contributed by atoms with Crippen molar-refractivity contribution >= 4 is 0 Å². The largest absolute Gasteiger partial charge is 0.364 e. The zero-order valence-electron chi connectivity index (χ0n) is 13.3. The quantitative estimate of drug-likeness (QED) is 0.788. The van der Waals surface area contributed by atoms with E-state index in [2.05, 4.69) is 11.8 Å². The van der Waals surface area contributed by atoms with E-state index < -0.39 is 11.2 Å². The molecule has 0 amide bonds. The predicted molar refractivity (Wildman–Crippen MR) is 86.1 cm³/mol. The third-order valence-electron chi connectivity index (χ3n) is 3.16. The first-order valence-corrected chi connectivity index (χ1v) is 6.97. The van der Waals surface area contributed by atoms with Crippen molar-refractivity contribution in [2.45, 2.75) is 20.4 Å². The van der Waals surface area contributed by atoms with Crippen molar-refractivity contribution in [3.63, 3.8) is 0 Å². The molecule has 0 saturated heterocycles. The van der Waals surface area contributed by atoms with E-state index >= 15 is 0 Å². The fourth-order valence-electron chi connectivity index (χ4n) is 1.99. The van der Waals surface area contributed by atoms with Gasteiger partial charge in [-0.15, -0.1) is 0 Å². The van der Waals surface area contributed by atoms with E-state index in [1.54, 1.807) is 0 Å². The van der Waals surface area contributed by atoms with E-state index in [1.165, 1.54) is 25.0 Å². The summed E-state index contributed by atoms with van der Waals surface area (Å²) in [4.78, 5) is 24.5. The van der Waals surface area contributed by atoms with Crippen LogP contribution in [0.1, 0.15) is 16.7 Å². The van der Waals surface area contributed by atoms with E-state index in [9.17, 15) is 9.59 Å². The van der Waals surface area contributed by atoms with Crippen molar-refractivity contribution in [2.24, 2.45) is 0 Å². The van der Waals surface area contributed by atoms with E-state index in [-0.39, 0.29) is 19.0 Å². The van der Waals surface area contributed by atoms with Gasteiger partial charge in [-0.25, -0.2) is 9.36 Å². The Morgan fingerprint density at radius 1 is 1.00 bits per heavy atom. The molecule has 0 atom stereocenters. The number of hydrogen-bond donors (Lipinski definition) is 0. The Morgan fingerprint density at radius 3 is 2.26 bits per heavy atom. The van der Waals surface area contributed by atoms with Crippen molar-refractivity contribution < 1.29 is 9.47 Å². The van der Waals surface area contributed by atoms with Crippen LogP contribution < -0.4 is 11.2 Å². The number of aryl methyl sites for hydroxylation is 1. The van der Waals surface area contributed by atoms with E-state index in [4.69, 9.17) is 9.47 Å². The lowest BCUT2D eigenvalue weighted by Gasteiger charge is -2.09. The maximum atomic E-state index is 12.3. The minimum absolute atomic E-state index is 0.0298. The van der Waals surface area contributed by atoms with Gasteiger partial charge in [0.1, 0.15) is 19.0 Å². The van der Waals surface area contributed by atoms with Gasteiger partial charge in [0, 0.05) is 26.0 Å². The lowest BCUT2D eigenvalue weighted by molar-refractivity contribution is 0.105. The van der Waals surface area contributed by atoms with E-state index in [1.807, 2.05) is 31.2 Å². The molecular formula is C17H18N2O4. The molecule has 0 radical (unpaired) electrons. The van der Waals surface area contributed by atoms with Crippen LogP contribution in [0.4, 0.5) is 0 Å². The first-order chi connectivity index (χ1) is 11.1. The molecule has 0 aliphatic rings. The van der Waals surface area contributed by atoms with Crippen molar-refractivity contribution in [1.82, 2.24) is 9.13 Å². The topological polar surface area (TPSA) is 62.5 Å². The molecule has 0 fully saturated rings. The molecule has 23 heavy (non-hydrogen) atoms. The highest BCUT2D eigenvalue weighted by Crippen LogP contribution is 2.01. The molecule has 0 aliphatic heterocycles. The van der Waals surface area contributed by atoms with Crippen molar-refractivity contribution in [3.05, 3.63) is 68.0 Å². The van der Waals surface area contributed by atoms with E-state index in [0.29, 0.717) is 0 Å². The molecule has 2 aromatic rings. The molecule has 0 N–H and O–H groups in total. The highest BCUT2D eigenvalue weighted by molar-refractivity contribution is 5.41. The highest BCUT2D eigenvalue weighted by atomic mass is 16.5. The van der Waals surface area contributed by atoms with Crippen LogP contribution in [0.5, 0.6) is 0 Å². The first-order valence-electron chi connectivity index (χ1n) is 6.97. The minimum atomic E-state index is -0.500. The SMILES string of the molecule is COCn1cc(C#Cc2ccc(C)cc2)c(=O)n(COC)c1=O. The van der Waals surface area contributed by atoms with Crippen LogP contribution in [0.25, 0.3) is 0 Å². The number of hydrogen-bond acceptors (Lipinski definition) is 4. The fraction of sp³-hybridized carbons (Fsp3) is 0.294. The molecule has 120 valence electrons. The van der Waals surface area contributed by atoms with Crippen LogP contribution in [-0.4, -0.2) is 23.4 Å². The van der Waals surface area contributed by atoms with Crippen LogP contribution in [0.15, 0.2) is 40.1 Å². The second-order valence-corrected chi connectivity index (χ2v) is 4.98. The van der Waals surface area contributed by atoms with Crippen molar-refractivity contribution in [1.29, 1.82) is 0 Å². The fourth-order valence-corrected chi connectivity index (χ4v) is 1.99. The molecule has 1 aromatic carbocycles. The molecule has 1 heterocycles. The predicted octanol–water partition coefficient (Wildman–Crippen LogP) is 0.926. The summed E-state index contributed by atoms with van der Waals surface area (Å²) in [5, 5.41) is 0. The molecule has 6 heteroatoms. The zero-order chi connectivity index (χ0) is 16.8. The van der Waals surface area contributed by atoms with Gasteiger partial charge in [-0.2, -0.15) is 0 Å². The Labute approximate surface area is 133 Å². The number of rotatable bonds is 4. The molecule has 0 bridgehead atoms. The summed E-state index contributed by atoms with van der Waals surface area (Å²) in [7, 11) is 2.88. The van der Waals surface area contributed by atoms with Gasteiger partial charge < -0.3 is 9.47 Å². The number of nitrogens with zero attached hydrogens (tertiary/aromatic N) is 2. The number of aromatic nitrogens is 2. The van der Waals surface area contributed by atoms with Crippen LogP contribution in [0.2, 0.25) is 0 Å². The molecule has 0 aliphatic carbocycles. The highest BCUT2D eigenvalue weighted by Gasteiger charge is 2.09. The standard InChI is InChI=1S/C17H18N2O4/c1-13-4-6-14(7-5-13)8-9-15-10-18(11-22-2)17(21)19(12-23-3)16(15)20/h4-7,10H,11-12H2,1-3H3. The summed E-state index contributed by atoms with van der Waals surface area (Å²) in [6, 6.07) is 7.64. The van der Waals surface area contributed by atoms with Gasteiger partial charge >= 0.3 is 5.69 Å². The van der Waals surface area contributed by atoms with Gasteiger partial charge in [0.2, 0.25) is 0 Å². The Bertz CT molecular complexity index is 851. The van der Waals surface area contributed by atoms with Gasteiger partial charge in [-0.05, 0) is 19.1 Å². The van der Waals surface area contributed by atoms with Crippen molar-refractivity contribution in [2.75, 3.05) is 14.2 Å². The molecular weight excluding hydrogens is 296 g/mol. The Hall–Kier alpha value is -2.62. The maximum absolute atomic E-state index is 12.3.